The van der Waals surface area contributed by atoms with E-state index in [1.54, 1.807) is 24.7 Å². The molecule has 4 rings (SSSR count). The van der Waals surface area contributed by atoms with Crippen molar-refractivity contribution in [2.24, 2.45) is 5.10 Å². The van der Waals surface area contributed by atoms with Crippen molar-refractivity contribution in [1.29, 1.82) is 0 Å². The molecule has 2 heterocycles. The first-order valence-electron chi connectivity index (χ1n) is 9.17. The molecule has 144 valence electrons. The Balaban J connectivity index is 1.55. The first-order chi connectivity index (χ1) is 14.2. The Bertz CT molecular complexity index is 1180. The third-order valence-electron chi connectivity index (χ3n) is 4.31. The van der Waals surface area contributed by atoms with Gasteiger partial charge in [-0.1, -0.05) is 48.5 Å². The number of hydrogen-bond acceptors (Lipinski definition) is 6. The fourth-order valence-electron chi connectivity index (χ4n) is 2.95. The molecule has 4 aromatic rings. The highest BCUT2D eigenvalue weighted by molar-refractivity contribution is 7.21. The van der Waals surface area contributed by atoms with Crippen molar-refractivity contribution < 1.29 is 4.74 Å². The van der Waals surface area contributed by atoms with Crippen LogP contribution in [0.15, 0.2) is 71.8 Å². The monoisotopic (exact) mass is 400 g/mol. The number of ether oxygens (including phenoxy) is 1. The van der Waals surface area contributed by atoms with Gasteiger partial charge in [0.15, 0.2) is 5.82 Å². The van der Waals surface area contributed by atoms with Crippen LogP contribution in [0.2, 0.25) is 0 Å². The van der Waals surface area contributed by atoms with Crippen molar-refractivity contribution in [3.05, 3.63) is 78.1 Å². The maximum absolute atomic E-state index is 5.34. The lowest BCUT2D eigenvalue weighted by Gasteiger charge is -2.03. The molecule has 2 aromatic heterocycles. The van der Waals surface area contributed by atoms with Crippen LogP contribution >= 0.6 is 11.3 Å². The summed E-state index contributed by atoms with van der Waals surface area (Å²) in [6.45, 7) is 1.89. The Morgan fingerprint density at radius 2 is 1.83 bits per heavy atom. The predicted octanol–water partition coefficient (Wildman–Crippen LogP) is 5.79. The van der Waals surface area contributed by atoms with Gasteiger partial charge < -0.3 is 4.74 Å². The van der Waals surface area contributed by atoms with Crippen molar-refractivity contribution in [3.63, 3.8) is 0 Å². The van der Waals surface area contributed by atoms with Crippen molar-refractivity contribution in [2.45, 2.75) is 6.92 Å². The van der Waals surface area contributed by atoms with E-state index in [1.165, 1.54) is 5.56 Å². The normalized spacial score (nSPS) is 11.5. The molecule has 0 aliphatic heterocycles. The van der Waals surface area contributed by atoms with Crippen molar-refractivity contribution in [1.82, 2.24) is 9.97 Å². The van der Waals surface area contributed by atoms with E-state index in [4.69, 9.17) is 4.74 Å². The van der Waals surface area contributed by atoms with E-state index in [-0.39, 0.29) is 0 Å². The van der Waals surface area contributed by atoms with Crippen LogP contribution in [0.1, 0.15) is 11.4 Å². The molecular weight excluding hydrogens is 380 g/mol. The van der Waals surface area contributed by atoms with Gasteiger partial charge in [0.1, 0.15) is 16.4 Å². The summed E-state index contributed by atoms with van der Waals surface area (Å²) in [5.41, 5.74) is 5.21. The highest BCUT2D eigenvalue weighted by Crippen LogP contribution is 2.35. The average molecular weight is 401 g/mol. The molecule has 5 nitrogen and oxygen atoms in total. The number of hydrazone groups is 1. The first kappa shape index (κ1) is 18.8. The Hall–Kier alpha value is -3.51. The Labute approximate surface area is 173 Å². The Morgan fingerprint density at radius 1 is 1.03 bits per heavy atom. The molecule has 0 atom stereocenters. The van der Waals surface area contributed by atoms with Crippen LogP contribution in [0.5, 0.6) is 5.75 Å². The van der Waals surface area contributed by atoms with Gasteiger partial charge >= 0.3 is 0 Å². The van der Waals surface area contributed by atoms with E-state index in [0.29, 0.717) is 11.6 Å². The Kier molecular flexibility index (Phi) is 5.63. The summed E-state index contributed by atoms with van der Waals surface area (Å²) in [6.07, 6.45) is 5.50. The molecule has 29 heavy (non-hydrogen) atoms. The van der Waals surface area contributed by atoms with Crippen molar-refractivity contribution in [2.75, 3.05) is 12.5 Å². The minimum absolute atomic E-state index is 0.702. The number of thiophene rings is 1. The number of para-hydroxylation sites is 1. The number of aryl methyl sites for hydroxylation is 1. The molecule has 0 aliphatic carbocycles. The smallest absolute Gasteiger partial charge is 0.158 e. The Morgan fingerprint density at radius 3 is 2.66 bits per heavy atom. The van der Waals surface area contributed by atoms with E-state index in [2.05, 4.69) is 38.7 Å². The van der Waals surface area contributed by atoms with Crippen LogP contribution in [-0.4, -0.2) is 23.3 Å². The molecule has 0 amide bonds. The molecule has 1 N–H and O–H groups in total. The van der Waals surface area contributed by atoms with Crippen molar-refractivity contribution in [3.8, 4) is 16.2 Å². The SMILES string of the molecule is COc1ccccc1/C=C/C=N\Nc1nc(C)nc2sc(-c3ccccc3)cc12. The third kappa shape index (κ3) is 4.33. The third-order valence-corrected chi connectivity index (χ3v) is 5.39. The van der Waals surface area contributed by atoms with E-state index in [0.717, 1.165) is 26.4 Å². The fourth-order valence-corrected chi connectivity index (χ4v) is 4.03. The standard InChI is InChI=1S/C23H20N4OS/c1-16-25-22(27-24-14-8-12-17-9-6-7-13-20(17)28-2)19-15-21(29-23(19)26-16)18-10-4-3-5-11-18/h3-15H,1-2H3,(H,25,26,27)/b12-8+,24-14-. The second-order valence-corrected chi connectivity index (χ2v) is 7.34. The quantitative estimate of drug-likeness (QED) is 0.329. The molecule has 0 saturated heterocycles. The average Bonchev–Trinajstić information content (AvgIpc) is 3.18. The van der Waals surface area contributed by atoms with Gasteiger partial charge in [0, 0.05) is 16.7 Å². The van der Waals surface area contributed by atoms with Gasteiger partial charge in [-0.3, -0.25) is 5.43 Å². The lowest BCUT2D eigenvalue weighted by molar-refractivity contribution is 0.414. The number of anilines is 1. The molecule has 6 heteroatoms. The molecule has 0 bridgehead atoms. The topological polar surface area (TPSA) is 59.4 Å². The van der Waals surface area contributed by atoms with Gasteiger partial charge in [0.25, 0.3) is 0 Å². The largest absolute Gasteiger partial charge is 0.496 e. The van der Waals surface area contributed by atoms with E-state index < -0.39 is 0 Å². The van der Waals surface area contributed by atoms with Crippen LogP contribution < -0.4 is 10.2 Å². The van der Waals surface area contributed by atoms with Crippen LogP contribution in [0.25, 0.3) is 26.7 Å². The number of aromatic nitrogens is 2. The van der Waals surface area contributed by atoms with Crippen LogP contribution in [0.4, 0.5) is 5.82 Å². The number of allylic oxidation sites excluding steroid dienone is 1. The number of rotatable bonds is 6. The van der Waals surface area contributed by atoms with Gasteiger partial charge in [-0.15, -0.1) is 11.3 Å². The van der Waals surface area contributed by atoms with Crippen molar-refractivity contribution >= 4 is 39.7 Å². The molecule has 0 unspecified atom stereocenters. The zero-order valence-electron chi connectivity index (χ0n) is 16.2. The van der Waals surface area contributed by atoms with Crippen LogP contribution in [-0.2, 0) is 0 Å². The summed E-state index contributed by atoms with van der Waals surface area (Å²) in [5, 5.41) is 5.26. The number of hydrogen-bond donors (Lipinski definition) is 1. The molecule has 0 fully saturated rings. The predicted molar refractivity (Wildman–Crippen MR) is 122 cm³/mol. The van der Waals surface area contributed by atoms with Crippen LogP contribution in [0.3, 0.4) is 0 Å². The number of fused-ring (bicyclic) bond motifs is 1. The molecule has 0 spiro atoms. The zero-order chi connectivity index (χ0) is 20.1. The molecule has 2 aromatic carbocycles. The number of nitrogens with zero attached hydrogens (tertiary/aromatic N) is 3. The van der Waals surface area contributed by atoms with Gasteiger partial charge in [0.05, 0.1) is 12.5 Å². The summed E-state index contributed by atoms with van der Waals surface area (Å²) in [6, 6.07) is 20.2. The summed E-state index contributed by atoms with van der Waals surface area (Å²) in [4.78, 5) is 11.2. The lowest BCUT2D eigenvalue weighted by Crippen LogP contribution is -1.96. The summed E-state index contributed by atoms with van der Waals surface area (Å²) in [5.74, 6) is 2.24. The summed E-state index contributed by atoms with van der Waals surface area (Å²) < 4.78 is 5.34. The first-order valence-corrected chi connectivity index (χ1v) is 9.98. The maximum Gasteiger partial charge on any atom is 0.158 e. The van der Waals surface area contributed by atoms with Gasteiger partial charge in [-0.25, -0.2) is 9.97 Å². The fraction of sp³-hybridized carbons (Fsp3) is 0.0870. The summed E-state index contributed by atoms with van der Waals surface area (Å²) >= 11 is 1.65. The zero-order valence-corrected chi connectivity index (χ0v) is 17.0. The second kappa shape index (κ2) is 8.67. The number of benzene rings is 2. The van der Waals surface area contributed by atoms with Gasteiger partial charge in [0.2, 0.25) is 0 Å². The highest BCUT2D eigenvalue weighted by atomic mass is 32.1. The minimum atomic E-state index is 0.702. The number of methoxy groups -OCH3 is 1. The highest BCUT2D eigenvalue weighted by Gasteiger charge is 2.11. The van der Waals surface area contributed by atoms with Crippen LogP contribution in [0, 0.1) is 6.92 Å². The lowest BCUT2D eigenvalue weighted by atomic mass is 10.2. The maximum atomic E-state index is 5.34. The number of nitrogens with one attached hydrogen (secondary N) is 1. The molecule has 0 radical (unpaired) electrons. The van der Waals surface area contributed by atoms with Gasteiger partial charge in [-0.05, 0) is 36.8 Å². The minimum Gasteiger partial charge on any atom is -0.496 e. The molecule has 0 saturated carbocycles. The second-order valence-electron chi connectivity index (χ2n) is 6.31. The van der Waals surface area contributed by atoms with E-state index in [1.807, 2.05) is 61.5 Å². The van der Waals surface area contributed by atoms with E-state index >= 15 is 0 Å². The van der Waals surface area contributed by atoms with E-state index in [9.17, 15) is 0 Å². The molecule has 0 aliphatic rings. The molecular formula is C23H20N4OS. The summed E-state index contributed by atoms with van der Waals surface area (Å²) in [7, 11) is 1.66. The van der Waals surface area contributed by atoms with Gasteiger partial charge in [-0.2, -0.15) is 5.10 Å².